The smallest absolute Gasteiger partial charge is 0.263 e. The Hall–Kier alpha value is -2.54. The van der Waals surface area contributed by atoms with Crippen molar-refractivity contribution >= 4 is 50.5 Å². The van der Waals surface area contributed by atoms with Crippen molar-refractivity contribution in [1.82, 2.24) is 0 Å². The number of amides is 1. The third-order valence-corrected chi connectivity index (χ3v) is 6.31. The third kappa shape index (κ3) is 5.09. The predicted molar refractivity (Wildman–Crippen MR) is 118 cm³/mol. The molecule has 0 radical (unpaired) electrons. The Morgan fingerprint density at radius 2 is 1.59 bits per heavy atom. The maximum atomic E-state index is 12.9. The molecule has 0 unspecified atom stereocenters. The molecule has 1 amide bonds. The molecule has 0 spiro atoms. The number of anilines is 2. The second-order valence-corrected chi connectivity index (χ2v) is 9.02. The SMILES string of the molecule is Cc1ccc(NS(=O)(=O)c2cc(C(=O)Nc3ccc(Cl)cc3)ccc2Cl)c(C)c1. The summed E-state index contributed by atoms with van der Waals surface area (Å²) in [6.45, 7) is 3.73. The summed E-state index contributed by atoms with van der Waals surface area (Å²) in [7, 11) is -3.99. The maximum Gasteiger partial charge on any atom is 0.263 e. The van der Waals surface area contributed by atoms with Gasteiger partial charge in [0, 0.05) is 16.3 Å². The summed E-state index contributed by atoms with van der Waals surface area (Å²) < 4.78 is 28.3. The zero-order valence-corrected chi connectivity index (χ0v) is 18.0. The highest BCUT2D eigenvalue weighted by molar-refractivity contribution is 7.92. The van der Waals surface area contributed by atoms with Crippen LogP contribution >= 0.6 is 23.2 Å². The van der Waals surface area contributed by atoms with Crippen molar-refractivity contribution < 1.29 is 13.2 Å². The number of hydrogen-bond acceptors (Lipinski definition) is 3. The topological polar surface area (TPSA) is 75.3 Å². The van der Waals surface area contributed by atoms with Crippen molar-refractivity contribution in [2.45, 2.75) is 18.7 Å². The summed E-state index contributed by atoms with van der Waals surface area (Å²) in [4.78, 5) is 12.4. The Morgan fingerprint density at radius 1 is 0.897 bits per heavy atom. The Labute approximate surface area is 179 Å². The van der Waals surface area contributed by atoms with E-state index in [0.29, 0.717) is 16.4 Å². The van der Waals surface area contributed by atoms with Gasteiger partial charge >= 0.3 is 0 Å². The Bertz CT molecular complexity index is 1180. The van der Waals surface area contributed by atoms with Crippen LogP contribution in [0.4, 0.5) is 11.4 Å². The van der Waals surface area contributed by atoms with Gasteiger partial charge in [0.1, 0.15) is 4.90 Å². The van der Waals surface area contributed by atoms with Crippen LogP contribution in [0.1, 0.15) is 21.5 Å². The van der Waals surface area contributed by atoms with Gasteiger partial charge in [0.05, 0.1) is 10.7 Å². The average molecular weight is 449 g/mol. The number of halogens is 2. The summed E-state index contributed by atoms with van der Waals surface area (Å²) in [6.07, 6.45) is 0. The van der Waals surface area contributed by atoms with Gasteiger partial charge in [0.25, 0.3) is 15.9 Å². The molecule has 0 fully saturated rings. The van der Waals surface area contributed by atoms with E-state index in [-0.39, 0.29) is 15.5 Å². The van der Waals surface area contributed by atoms with Crippen LogP contribution in [0, 0.1) is 13.8 Å². The van der Waals surface area contributed by atoms with Gasteiger partial charge in [0.2, 0.25) is 0 Å². The van der Waals surface area contributed by atoms with E-state index in [9.17, 15) is 13.2 Å². The molecule has 0 bridgehead atoms. The number of benzene rings is 3. The fourth-order valence-electron chi connectivity index (χ4n) is 2.71. The molecule has 8 heteroatoms. The van der Waals surface area contributed by atoms with Gasteiger partial charge in [-0.1, -0.05) is 40.9 Å². The Balaban J connectivity index is 1.89. The summed E-state index contributed by atoms with van der Waals surface area (Å²) in [6, 6.07) is 16.0. The van der Waals surface area contributed by atoms with Crippen LogP contribution in [0.2, 0.25) is 10.0 Å². The molecule has 0 aliphatic carbocycles. The standard InChI is InChI=1S/C21H18Cl2N2O3S/c1-13-3-10-19(14(2)11-13)25-29(27,28)20-12-15(4-9-18(20)23)21(26)24-17-7-5-16(22)6-8-17/h3-12,25H,1-2H3,(H,24,26). The average Bonchev–Trinajstić information content (AvgIpc) is 2.66. The first kappa shape index (κ1) is 21.2. The summed E-state index contributed by atoms with van der Waals surface area (Å²) in [5, 5.41) is 3.25. The van der Waals surface area contributed by atoms with Crippen LogP contribution in [-0.4, -0.2) is 14.3 Å². The molecular weight excluding hydrogens is 431 g/mol. The molecule has 0 saturated carbocycles. The highest BCUT2D eigenvalue weighted by Gasteiger charge is 2.21. The molecule has 3 rings (SSSR count). The second-order valence-electron chi connectivity index (χ2n) is 6.53. The van der Waals surface area contributed by atoms with Crippen LogP contribution < -0.4 is 10.0 Å². The number of carbonyl (C=O) groups is 1. The molecule has 0 aromatic heterocycles. The first-order valence-electron chi connectivity index (χ1n) is 8.62. The molecular formula is C21H18Cl2N2O3S. The number of sulfonamides is 1. The normalized spacial score (nSPS) is 11.2. The van der Waals surface area contributed by atoms with E-state index >= 15 is 0 Å². The van der Waals surface area contributed by atoms with Gasteiger partial charge < -0.3 is 5.32 Å². The summed E-state index contributed by atoms with van der Waals surface area (Å²) in [5.74, 6) is -0.466. The maximum absolute atomic E-state index is 12.9. The van der Waals surface area contributed by atoms with E-state index in [1.807, 2.05) is 26.0 Å². The monoisotopic (exact) mass is 448 g/mol. The lowest BCUT2D eigenvalue weighted by atomic mass is 10.1. The minimum absolute atomic E-state index is 0.0188. The number of rotatable bonds is 5. The number of carbonyl (C=O) groups excluding carboxylic acids is 1. The van der Waals surface area contributed by atoms with Crippen molar-refractivity contribution in [2.75, 3.05) is 10.0 Å². The zero-order valence-electron chi connectivity index (χ0n) is 15.7. The lowest BCUT2D eigenvalue weighted by Gasteiger charge is -2.13. The number of nitrogens with one attached hydrogen (secondary N) is 2. The molecule has 0 heterocycles. The van der Waals surface area contributed by atoms with Crippen LogP contribution in [-0.2, 0) is 10.0 Å². The van der Waals surface area contributed by atoms with E-state index in [4.69, 9.17) is 23.2 Å². The first-order valence-corrected chi connectivity index (χ1v) is 10.9. The molecule has 0 aliphatic rings. The van der Waals surface area contributed by atoms with Gasteiger partial charge in [-0.25, -0.2) is 8.42 Å². The van der Waals surface area contributed by atoms with Crippen LogP contribution in [0.3, 0.4) is 0 Å². The highest BCUT2D eigenvalue weighted by atomic mass is 35.5. The van der Waals surface area contributed by atoms with E-state index in [1.54, 1.807) is 30.3 Å². The molecule has 0 saturated heterocycles. The molecule has 3 aromatic rings. The predicted octanol–water partition coefficient (Wildman–Crippen LogP) is 5.66. The van der Waals surface area contributed by atoms with Crippen molar-refractivity contribution in [2.24, 2.45) is 0 Å². The van der Waals surface area contributed by atoms with Crippen LogP contribution in [0.15, 0.2) is 65.6 Å². The van der Waals surface area contributed by atoms with Gasteiger partial charge in [-0.3, -0.25) is 9.52 Å². The minimum Gasteiger partial charge on any atom is -0.322 e. The van der Waals surface area contributed by atoms with Gasteiger partial charge in [0.15, 0.2) is 0 Å². The second kappa shape index (κ2) is 8.45. The van der Waals surface area contributed by atoms with Crippen molar-refractivity contribution in [3.05, 3.63) is 87.4 Å². The molecule has 3 aromatic carbocycles. The van der Waals surface area contributed by atoms with Crippen molar-refractivity contribution in [3.8, 4) is 0 Å². The fraction of sp³-hybridized carbons (Fsp3) is 0.0952. The van der Waals surface area contributed by atoms with E-state index in [0.717, 1.165) is 11.1 Å². The first-order chi connectivity index (χ1) is 13.7. The largest absolute Gasteiger partial charge is 0.322 e. The molecule has 29 heavy (non-hydrogen) atoms. The highest BCUT2D eigenvalue weighted by Crippen LogP contribution is 2.27. The molecule has 5 nitrogen and oxygen atoms in total. The number of aryl methyl sites for hydroxylation is 2. The van der Waals surface area contributed by atoms with E-state index in [2.05, 4.69) is 10.0 Å². The fourth-order valence-corrected chi connectivity index (χ4v) is 4.50. The summed E-state index contributed by atoms with van der Waals surface area (Å²) >= 11 is 12.0. The van der Waals surface area contributed by atoms with Gasteiger partial charge in [-0.05, 0) is 67.9 Å². The van der Waals surface area contributed by atoms with Crippen molar-refractivity contribution in [3.63, 3.8) is 0 Å². The molecule has 0 aliphatic heterocycles. The number of hydrogen-bond donors (Lipinski definition) is 2. The molecule has 0 atom stereocenters. The lowest BCUT2D eigenvalue weighted by molar-refractivity contribution is 0.102. The zero-order chi connectivity index (χ0) is 21.2. The van der Waals surface area contributed by atoms with Gasteiger partial charge in [-0.2, -0.15) is 0 Å². The molecule has 2 N–H and O–H groups in total. The minimum atomic E-state index is -3.99. The van der Waals surface area contributed by atoms with Crippen LogP contribution in [0.25, 0.3) is 0 Å². The van der Waals surface area contributed by atoms with Crippen LogP contribution in [0.5, 0.6) is 0 Å². The lowest BCUT2D eigenvalue weighted by Crippen LogP contribution is -2.17. The molecule has 150 valence electrons. The van der Waals surface area contributed by atoms with Gasteiger partial charge in [-0.15, -0.1) is 0 Å². The quantitative estimate of drug-likeness (QED) is 0.528. The third-order valence-electron chi connectivity index (χ3n) is 4.21. The van der Waals surface area contributed by atoms with Crippen molar-refractivity contribution in [1.29, 1.82) is 0 Å². The summed E-state index contributed by atoms with van der Waals surface area (Å²) in [5.41, 5.74) is 2.94. The van der Waals surface area contributed by atoms with E-state index < -0.39 is 15.9 Å². The Morgan fingerprint density at radius 3 is 2.24 bits per heavy atom. The van der Waals surface area contributed by atoms with E-state index in [1.165, 1.54) is 18.2 Å². The Kier molecular flexibility index (Phi) is 6.17.